The van der Waals surface area contributed by atoms with Crippen molar-refractivity contribution >= 4 is 35.0 Å². The van der Waals surface area contributed by atoms with Gasteiger partial charge in [0.15, 0.2) is 0 Å². The number of aromatic nitrogens is 1. The molecule has 260 valence electrons. The van der Waals surface area contributed by atoms with Crippen molar-refractivity contribution in [3.8, 4) is 0 Å². The SMILES string of the molecule is CCC(C)[C@H](NC(=O)[C@H]1CCCCN1C)C(=O)N[C@H](C[C@@H](O)c1nc(C(=O)N[C@@H](Cc2ccccc2)C[C@H](C)C(=O)O)cs1)C(C)C. The average Bonchev–Trinajstić information content (AvgIpc) is 3.54. The number of aliphatic hydroxyl groups is 1. The standard InChI is InChI=1S/C35H53N5O6S/c1-7-22(4)30(39-32(43)28-15-11-12-16-40(28)6)33(44)37-26(21(2)3)19-29(41)34-38-27(20-47-34)31(42)36-25(17-23(5)35(45)46)18-24-13-9-8-10-14-24/h8-10,13-14,20-23,25-26,28-30,41H,7,11-12,15-19H2,1-6H3,(H,36,42)(H,37,44)(H,39,43)(H,45,46)/t22?,23-,25+,26+,28+,29+,30-/m0/s1. The molecule has 47 heavy (non-hydrogen) atoms. The molecule has 0 spiro atoms. The number of aliphatic hydroxyl groups excluding tert-OH is 1. The first-order chi connectivity index (χ1) is 22.3. The number of carbonyl (C=O) groups is 4. The number of benzene rings is 1. The van der Waals surface area contributed by atoms with Gasteiger partial charge in [-0.25, -0.2) is 4.98 Å². The van der Waals surface area contributed by atoms with E-state index >= 15 is 0 Å². The molecule has 1 aromatic carbocycles. The summed E-state index contributed by atoms with van der Waals surface area (Å²) >= 11 is 1.16. The first-order valence-corrected chi connectivity index (χ1v) is 17.7. The molecule has 1 aliphatic rings. The molecule has 1 aliphatic heterocycles. The van der Waals surface area contributed by atoms with Gasteiger partial charge < -0.3 is 26.2 Å². The summed E-state index contributed by atoms with van der Waals surface area (Å²) in [5, 5.41) is 31.6. The number of carboxylic acid groups (broad SMARTS) is 1. The van der Waals surface area contributed by atoms with E-state index in [1.165, 1.54) is 0 Å². The highest BCUT2D eigenvalue weighted by molar-refractivity contribution is 7.09. The maximum atomic E-state index is 13.6. The first-order valence-electron chi connectivity index (χ1n) is 16.8. The van der Waals surface area contributed by atoms with Gasteiger partial charge in [-0.2, -0.15) is 0 Å². The highest BCUT2D eigenvalue weighted by Crippen LogP contribution is 2.26. The van der Waals surface area contributed by atoms with E-state index in [0.29, 0.717) is 17.8 Å². The zero-order valence-corrected chi connectivity index (χ0v) is 29.4. The van der Waals surface area contributed by atoms with Crippen LogP contribution in [0.5, 0.6) is 0 Å². The third-order valence-corrected chi connectivity index (χ3v) is 10.2. The molecule has 5 N–H and O–H groups in total. The fourth-order valence-electron chi connectivity index (χ4n) is 5.89. The van der Waals surface area contributed by atoms with Crippen LogP contribution in [0.2, 0.25) is 0 Å². The van der Waals surface area contributed by atoms with Gasteiger partial charge in [-0.15, -0.1) is 11.3 Å². The summed E-state index contributed by atoms with van der Waals surface area (Å²) in [4.78, 5) is 58.0. The first kappa shape index (κ1) is 38.1. The van der Waals surface area contributed by atoms with E-state index in [0.717, 1.165) is 42.7 Å². The highest BCUT2D eigenvalue weighted by atomic mass is 32.1. The Hall–Kier alpha value is -3.35. The molecule has 0 bridgehead atoms. The number of piperidine rings is 1. The molecule has 0 aliphatic carbocycles. The number of likely N-dealkylation sites (tertiary alicyclic amines) is 1. The van der Waals surface area contributed by atoms with Crippen LogP contribution in [0.3, 0.4) is 0 Å². The van der Waals surface area contributed by atoms with Crippen LogP contribution >= 0.6 is 11.3 Å². The number of nitrogens with one attached hydrogen (secondary N) is 3. The van der Waals surface area contributed by atoms with Crippen molar-refractivity contribution in [2.75, 3.05) is 13.6 Å². The maximum Gasteiger partial charge on any atom is 0.306 e. The van der Waals surface area contributed by atoms with E-state index in [4.69, 9.17) is 0 Å². The van der Waals surface area contributed by atoms with E-state index in [1.54, 1.807) is 12.3 Å². The van der Waals surface area contributed by atoms with Gasteiger partial charge in [0, 0.05) is 23.9 Å². The van der Waals surface area contributed by atoms with Crippen molar-refractivity contribution in [1.82, 2.24) is 25.8 Å². The number of thiazole rings is 1. The van der Waals surface area contributed by atoms with Crippen molar-refractivity contribution in [2.45, 2.75) is 110 Å². The van der Waals surface area contributed by atoms with Crippen LogP contribution in [0.15, 0.2) is 35.7 Å². The average molecular weight is 672 g/mol. The summed E-state index contributed by atoms with van der Waals surface area (Å²) in [7, 11) is 1.94. The van der Waals surface area contributed by atoms with Gasteiger partial charge in [0.05, 0.1) is 12.0 Å². The number of hydrogen-bond donors (Lipinski definition) is 5. The number of rotatable bonds is 17. The lowest BCUT2D eigenvalue weighted by molar-refractivity contribution is -0.141. The van der Waals surface area contributed by atoms with Gasteiger partial charge in [0.2, 0.25) is 11.8 Å². The van der Waals surface area contributed by atoms with Gasteiger partial charge in [0.25, 0.3) is 5.91 Å². The molecular weight excluding hydrogens is 618 g/mol. The van der Waals surface area contributed by atoms with Crippen LogP contribution in [0, 0.1) is 17.8 Å². The molecule has 7 atom stereocenters. The van der Waals surface area contributed by atoms with Crippen molar-refractivity contribution in [2.24, 2.45) is 17.8 Å². The highest BCUT2D eigenvalue weighted by Gasteiger charge is 2.34. The summed E-state index contributed by atoms with van der Waals surface area (Å²) in [5.41, 5.74) is 1.12. The molecule has 1 unspecified atom stereocenters. The Labute approximate surface area is 282 Å². The van der Waals surface area contributed by atoms with E-state index < -0.39 is 42.0 Å². The zero-order chi connectivity index (χ0) is 34.7. The molecule has 3 rings (SSSR count). The maximum absolute atomic E-state index is 13.6. The van der Waals surface area contributed by atoms with Crippen molar-refractivity contribution < 1.29 is 29.4 Å². The molecular formula is C35H53N5O6S. The molecule has 1 fully saturated rings. The Bertz CT molecular complexity index is 1320. The molecule has 11 nitrogen and oxygen atoms in total. The lowest BCUT2D eigenvalue weighted by atomic mass is 9.94. The zero-order valence-electron chi connectivity index (χ0n) is 28.6. The van der Waals surface area contributed by atoms with Gasteiger partial charge in [-0.05, 0) is 56.7 Å². The summed E-state index contributed by atoms with van der Waals surface area (Å²) < 4.78 is 0. The largest absolute Gasteiger partial charge is 0.481 e. The smallest absolute Gasteiger partial charge is 0.306 e. The molecule has 2 heterocycles. The van der Waals surface area contributed by atoms with Crippen LogP contribution in [-0.4, -0.2) is 81.5 Å². The Morgan fingerprint density at radius 2 is 1.72 bits per heavy atom. The van der Waals surface area contributed by atoms with E-state index in [1.807, 2.05) is 70.0 Å². The molecule has 2 aromatic rings. The Morgan fingerprint density at radius 1 is 1.02 bits per heavy atom. The topological polar surface area (TPSA) is 161 Å². The van der Waals surface area contributed by atoms with E-state index in [9.17, 15) is 29.4 Å². The van der Waals surface area contributed by atoms with Gasteiger partial charge in [-0.1, -0.05) is 77.8 Å². The van der Waals surface area contributed by atoms with Crippen LogP contribution in [-0.2, 0) is 20.8 Å². The molecule has 1 saturated heterocycles. The predicted octanol–water partition coefficient (Wildman–Crippen LogP) is 4.17. The quantitative estimate of drug-likeness (QED) is 0.168. The summed E-state index contributed by atoms with van der Waals surface area (Å²) in [6.07, 6.45) is 3.37. The Kier molecular flexibility index (Phi) is 14.8. The third-order valence-electron chi connectivity index (χ3n) is 9.24. The second-order valence-electron chi connectivity index (χ2n) is 13.4. The minimum absolute atomic E-state index is 0.0240. The molecule has 0 radical (unpaired) electrons. The second-order valence-corrected chi connectivity index (χ2v) is 14.3. The second kappa shape index (κ2) is 18.3. The molecule has 0 saturated carbocycles. The fourth-order valence-corrected chi connectivity index (χ4v) is 6.69. The number of carboxylic acids is 1. The van der Waals surface area contributed by atoms with Crippen LogP contribution in [0.4, 0.5) is 0 Å². The van der Waals surface area contributed by atoms with Crippen LogP contribution in [0.1, 0.15) is 100 Å². The van der Waals surface area contributed by atoms with Crippen LogP contribution in [0.25, 0.3) is 0 Å². The predicted molar refractivity (Wildman–Crippen MR) is 183 cm³/mol. The minimum atomic E-state index is -1.03. The fraction of sp³-hybridized carbons (Fsp3) is 0.629. The van der Waals surface area contributed by atoms with Crippen molar-refractivity contribution in [1.29, 1.82) is 0 Å². The lowest BCUT2D eigenvalue weighted by Gasteiger charge is -2.34. The number of likely N-dealkylation sites (N-methyl/N-ethyl adjacent to an activating group) is 1. The summed E-state index contributed by atoms with van der Waals surface area (Å²) in [5.74, 6) is -2.55. The molecule has 3 amide bonds. The molecule has 12 heteroatoms. The van der Waals surface area contributed by atoms with E-state index in [2.05, 4.69) is 20.9 Å². The normalized spacial score (nSPS) is 19.2. The number of nitrogens with zero attached hydrogens (tertiary/aromatic N) is 2. The van der Waals surface area contributed by atoms with Gasteiger partial charge in [-0.3, -0.25) is 24.1 Å². The lowest BCUT2D eigenvalue weighted by Crippen LogP contribution is -2.57. The number of hydrogen-bond acceptors (Lipinski definition) is 8. The number of carbonyl (C=O) groups excluding carboxylic acids is 3. The minimum Gasteiger partial charge on any atom is -0.481 e. The summed E-state index contributed by atoms with van der Waals surface area (Å²) in [6.45, 7) is 10.3. The Morgan fingerprint density at radius 3 is 2.34 bits per heavy atom. The third kappa shape index (κ3) is 11.4. The van der Waals surface area contributed by atoms with Crippen molar-refractivity contribution in [3.05, 3.63) is 52.0 Å². The van der Waals surface area contributed by atoms with Gasteiger partial charge >= 0.3 is 5.97 Å². The Balaban J connectivity index is 1.66. The molecule has 1 aromatic heterocycles. The van der Waals surface area contributed by atoms with E-state index in [-0.39, 0.29) is 48.2 Å². The summed E-state index contributed by atoms with van der Waals surface area (Å²) in [6, 6.07) is 7.75. The number of aliphatic carboxylic acids is 1. The monoisotopic (exact) mass is 671 g/mol. The number of amides is 3. The van der Waals surface area contributed by atoms with Crippen LogP contribution < -0.4 is 16.0 Å². The van der Waals surface area contributed by atoms with Gasteiger partial charge in [0.1, 0.15) is 22.8 Å². The van der Waals surface area contributed by atoms with Crippen molar-refractivity contribution in [3.63, 3.8) is 0 Å².